The van der Waals surface area contributed by atoms with E-state index >= 15 is 0 Å². The molecule has 2 rings (SSSR count). The standard InChI is InChI=1S/C13H14N4O2/c1-19-13(18)10-5-7-16-12(11(10)14)17-8-9-4-2-3-6-15-9/h2-7H,8,14H2,1H3,(H,16,17). The molecule has 3 N–H and O–H groups in total. The van der Waals surface area contributed by atoms with Gasteiger partial charge in [0, 0.05) is 12.4 Å². The molecule has 2 aromatic heterocycles. The number of nitrogens with zero attached hydrogens (tertiary/aromatic N) is 2. The van der Waals surface area contributed by atoms with E-state index in [4.69, 9.17) is 5.73 Å². The summed E-state index contributed by atoms with van der Waals surface area (Å²) in [6.07, 6.45) is 3.21. The van der Waals surface area contributed by atoms with Crippen LogP contribution in [0.4, 0.5) is 11.5 Å². The summed E-state index contributed by atoms with van der Waals surface area (Å²) in [5.74, 6) is -0.0469. The highest BCUT2D eigenvalue weighted by atomic mass is 16.5. The second-order valence-electron chi connectivity index (χ2n) is 3.79. The third-order valence-corrected chi connectivity index (χ3v) is 2.56. The number of carbonyl (C=O) groups excluding carboxylic acids is 1. The van der Waals surface area contributed by atoms with Crippen LogP contribution in [0.1, 0.15) is 16.1 Å². The zero-order chi connectivity index (χ0) is 13.7. The van der Waals surface area contributed by atoms with Crippen LogP contribution in [0, 0.1) is 0 Å². The predicted octanol–water partition coefficient (Wildman–Crippen LogP) is 1.46. The van der Waals surface area contributed by atoms with Gasteiger partial charge in [-0.1, -0.05) is 6.07 Å². The van der Waals surface area contributed by atoms with E-state index < -0.39 is 5.97 Å². The van der Waals surface area contributed by atoms with Crippen molar-refractivity contribution < 1.29 is 9.53 Å². The van der Waals surface area contributed by atoms with Gasteiger partial charge in [0.05, 0.1) is 30.6 Å². The van der Waals surface area contributed by atoms with Gasteiger partial charge in [-0.25, -0.2) is 9.78 Å². The Bertz CT molecular complexity index is 572. The van der Waals surface area contributed by atoms with Crippen molar-refractivity contribution in [3.63, 3.8) is 0 Å². The molecule has 2 heterocycles. The van der Waals surface area contributed by atoms with Crippen molar-refractivity contribution in [2.75, 3.05) is 18.2 Å². The molecule has 0 unspecified atom stereocenters. The van der Waals surface area contributed by atoms with Crippen molar-refractivity contribution in [2.24, 2.45) is 0 Å². The number of pyridine rings is 2. The Morgan fingerprint density at radius 1 is 1.32 bits per heavy atom. The molecule has 0 saturated heterocycles. The molecule has 98 valence electrons. The molecular formula is C13H14N4O2. The maximum absolute atomic E-state index is 11.5. The maximum Gasteiger partial charge on any atom is 0.340 e. The number of rotatable bonds is 4. The zero-order valence-electron chi connectivity index (χ0n) is 10.5. The van der Waals surface area contributed by atoms with Gasteiger partial charge in [0.2, 0.25) is 0 Å². The van der Waals surface area contributed by atoms with Crippen LogP contribution in [-0.2, 0) is 11.3 Å². The van der Waals surface area contributed by atoms with Gasteiger partial charge < -0.3 is 15.8 Å². The molecule has 19 heavy (non-hydrogen) atoms. The van der Waals surface area contributed by atoms with Gasteiger partial charge >= 0.3 is 5.97 Å². The summed E-state index contributed by atoms with van der Waals surface area (Å²) in [5.41, 5.74) is 7.29. The second kappa shape index (κ2) is 5.81. The van der Waals surface area contributed by atoms with Crippen molar-refractivity contribution >= 4 is 17.5 Å². The van der Waals surface area contributed by atoms with Crippen molar-refractivity contribution in [2.45, 2.75) is 6.54 Å². The van der Waals surface area contributed by atoms with Crippen LogP contribution in [0.5, 0.6) is 0 Å². The highest BCUT2D eigenvalue weighted by molar-refractivity contribution is 5.97. The van der Waals surface area contributed by atoms with Gasteiger partial charge in [-0.15, -0.1) is 0 Å². The topological polar surface area (TPSA) is 90.1 Å². The number of hydrogen-bond acceptors (Lipinski definition) is 6. The van der Waals surface area contributed by atoms with E-state index in [9.17, 15) is 4.79 Å². The number of ether oxygens (including phenoxy) is 1. The Kier molecular flexibility index (Phi) is 3.92. The summed E-state index contributed by atoms with van der Waals surface area (Å²) < 4.78 is 4.65. The zero-order valence-corrected chi connectivity index (χ0v) is 10.5. The largest absolute Gasteiger partial charge is 0.465 e. The lowest BCUT2D eigenvalue weighted by Crippen LogP contribution is -2.11. The van der Waals surface area contributed by atoms with E-state index in [1.54, 1.807) is 6.20 Å². The molecule has 2 aromatic rings. The Balaban J connectivity index is 2.15. The van der Waals surface area contributed by atoms with Crippen molar-refractivity contribution in [1.82, 2.24) is 9.97 Å². The van der Waals surface area contributed by atoms with Gasteiger partial charge in [-0.05, 0) is 18.2 Å². The number of esters is 1. The number of hydrogen-bond donors (Lipinski definition) is 2. The molecule has 0 atom stereocenters. The van der Waals surface area contributed by atoms with E-state index in [-0.39, 0.29) is 5.69 Å². The molecule has 6 nitrogen and oxygen atoms in total. The fourth-order valence-electron chi connectivity index (χ4n) is 1.58. The van der Waals surface area contributed by atoms with E-state index in [0.717, 1.165) is 5.69 Å². The first kappa shape index (κ1) is 12.8. The van der Waals surface area contributed by atoms with Crippen molar-refractivity contribution in [1.29, 1.82) is 0 Å². The summed E-state index contributed by atoms with van der Waals surface area (Å²) in [4.78, 5) is 19.8. The fourth-order valence-corrected chi connectivity index (χ4v) is 1.58. The van der Waals surface area contributed by atoms with Gasteiger partial charge in [-0.3, -0.25) is 4.98 Å². The molecule has 0 aliphatic heterocycles. The van der Waals surface area contributed by atoms with E-state index in [2.05, 4.69) is 20.0 Å². The number of nitrogen functional groups attached to an aromatic ring is 1. The van der Waals surface area contributed by atoms with Gasteiger partial charge in [0.15, 0.2) is 0 Å². The number of carbonyl (C=O) groups is 1. The Morgan fingerprint density at radius 3 is 2.84 bits per heavy atom. The third-order valence-electron chi connectivity index (χ3n) is 2.56. The minimum atomic E-state index is -0.485. The first-order chi connectivity index (χ1) is 9.22. The number of anilines is 2. The van der Waals surface area contributed by atoms with Crippen LogP contribution in [0.25, 0.3) is 0 Å². The van der Waals surface area contributed by atoms with E-state index in [0.29, 0.717) is 17.9 Å². The summed E-state index contributed by atoms with van der Waals surface area (Å²) >= 11 is 0. The summed E-state index contributed by atoms with van der Waals surface area (Å²) in [7, 11) is 1.31. The normalized spacial score (nSPS) is 9.95. The molecule has 0 fully saturated rings. The van der Waals surface area contributed by atoms with Crippen LogP contribution >= 0.6 is 0 Å². The van der Waals surface area contributed by atoms with Crippen LogP contribution in [0.2, 0.25) is 0 Å². The lowest BCUT2D eigenvalue weighted by atomic mass is 10.2. The number of nitrogens with one attached hydrogen (secondary N) is 1. The number of methoxy groups -OCH3 is 1. The fraction of sp³-hybridized carbons (Fsp3) is 0.154. The molecule has 0 aliphatic rings. The Labute approximate surface area is 110 Å². The van der Waals surface area contributed by atoms with E-state index in [1.165, 1.54) is 19.4 Å². The smallest absolute Gasteiger partial charge is 0.340 e. The molecule has 0 spiro atoms. The highest BCUT2D eigenvalue weighted by Crippen LogP contribution is 2.20. The lowest BCUT2D eigenvalue weighted by Gasteiger charge is -2.10. The Morgan fingerprint density at radius 2 is 2.16 bits per heavy atom. The first-order valence-electron chi connectivity index (χ1n) is 5.69. The monoisotopic (exact) mass is 258 g/mol. The second-order valence-corrected chi connectivity index (χ2v) is 3.79. The van der Waals surface area contributed by atoms with Crippen LogP contribution in [-0.4, -0.2) is 23.0 Å². The maximum atomic E-state index is 11.5. The molecule has 0 aliphatic carbocycles. The average molecular weight is 258 g/mol. The average Bonchev–Trinajstić information content (AvgIpc) is 2.46. The quantitative estimate of drug-likeness (QED) is 0.807. The van der Waals surface area contributed by atoms with Gasteiger partial charge in [0.25, 0.3) is 0 Å². The van der Waals surface area contributed by atoms with Crippen LogP contribution in [0.15, 0.2) is 36.7 Å². The molecule has 0 saturated carbocycles. The van der Waals surface area contributed by atoms with Crippen molar-refractivity contribution in [3.8, 4) is 0 Å². The SMILES string of the molecule is COC(=O)c1ccnc(NCc2ccccn2)c1N. The summed E-state index contributed by atoms with van der Waals surface area (Å²) in [6.45, 7) is 0.475. The molecule has 6 heteroatoms. The number of aromatic nitrogens is 2. The molecule has 0 amide bonds. The van der Waals surface area contributed by atoms with Crippen LogP contribution in [0.3, 0.4) is 0 Å². The van der Waals surface area contributed by atoms with Gasteiger partial charge in [-0.2, -0.15) is 0 Å². The molecule has 0 radical (unpaired) electrons. The molecular weight excluding hydrogens is 244 g/mol. The predicted molar refractivity (Wildman–Crippen MR) is 71.6 cm³/mol. The summed E-state index contributed by atoms with van der Waals surface area (Å²) in [5, 5.41) is 3.04. The number of nitrogens with two attached hydrogens (primary N) is 1. The molecule has 0 aromatic carbocycles. The third kappa shape index (κ3) is 2.98. The minimum Gasteiger partial charge on any atom is -0.465 e. The Hall–Kier alpha value is -2.63. The van der Waals surface area contributed by atoms with E-state index in [1.807, 2.05) is 18.2 Å². The lowest BCUT2D eigenvalue weighted by molar-refractivity contribution is 0.0602. The minimum absolute atomic E-state index is 0.269. The van der Waals surface area contributed by atoms with Gasteiger partial charge in [0.1, 0.15) is 5.82 Å². The van der Waals surface area contributed by atoms with Crippen molar-refractivity contribution in [3.05, 3.63) is 47.9 Å². The molecule has 0 bridgehead atoms. The highest BCUT2D eigenvalue weighted by Gasteiger charge is 2.13. The first-order valence-corrected chi connectivity index (χ1v) is 5.69. The van der Waals surface area contributed by atoms with Crippen LogP contribution < -0.4 is 11.1 Å². The summed E-state index contributed by atoms with van der Waals surface area (Å²) in [6, 6.07) is 7.14.